The zero-order valence-electron chi connectivity index (χ0n) is 11.9. The first-order valence-electron chi connectivity index (χ1n) is 7.74. The molecule has 1 unspecified atom stereocenters. The summed E-state index contributed by atoms with van der Waals surface area (Å²) in [5, 5.41) is 3.92. The van der Waals surface area contributed by atoms with Crippen molar-refractivity contribution in [2.24, 2.45) is 5.73 Å². The predicted molar refractivity (Wildman–Crippen MR) is 76.2 cm³/mol. The van der Waals surface area contributed by atoms with Gasteiger partial charge in [0.2, 0.25) is 0 Å². The molecule has 0 bridgehead atoms. The second-order valence-corrected chi connectivity index (χ2v) is 5.77. The molecule has 1 aliphatic rings. The first-order chi connectivity index (χ1) is 8.26. The molecule has 0 aliphatic heterocycles. The minimum absolute atomic E-state index is 0.213. The van der Waals surface area contributed by atoms with E-state index in [-0.39, 0.29) is 5.54 Å². The van der Waals surface area contributed by atoms with E-state index in [1.54, 1.807) is 0 Å². The van der Waals surface area contributed by atoms with Gasteiger partial charge in [-0.1, -0.05) is 52.4 Å². The highest BCUT2D eigenvalue weighted by Crippen LogP contribution is 2.23. The van der Waals surface area contributed by atoms with E-state index < -0.39 is 0 Å². The van der Waals surface area contributed by atoms with E-state index >= 15 is 0 Å². The summed E-state index contributed by atoms with van der Waals surface area (Å²) < 4.78 is 0. The molecule has 0 heterocycles. The van der Waals surface area contributed by atoms with Crippen molar-refractivity contribution in [3.8, 4) is 0 Å². The number of unbranched alkanes of at least 4 members (excludes halogenated alkanes) is 1. The molecule has 1 saturated carbocycles. The number of hydrogen-bond donors (Lipinski definition) is 2. The third kappa shape index (κ3) is 4.97. The van der Waals surface area contributed by atoms with Gasteiger partial charge in [0.05, 0.1) is 0 Å². The summed E-state index contributed by atoms with van der Waals surface area (Å²) in [7, 11) is 0. The standard InChI is InChI=1S/C15H32N2/c1-3-5-12-15(4-2,13-16)17-14-10-8-6-7-9-11-14/h14,17H,3-13,16H2,1-2H3. The fraction of sp³-hybridized carbons (Fsp3) is 1.00. The van der Waals surface area contributed by atoms with Gasteiger partial charge in [-0.05, 0) is 25.7 Å². The summed E-state index contributed by atoms with van der Waals surface area (Å²) in [5.41, 5.74) is 6.27. The van der Waals surface area contributed by atoms with Crippen LogP contribution in [0.1, 0.15) is 78.1 Å². The first-order valence-corrected chi connectivity index (χ1v) is 7.74. The molecule has 1 atom stereocenters. The zero-order valence-corrected chi connectivity index (χ0v) is 11.9. The SMILES string of the molecule is CCCCC(CC)(CN)NC1CCCCCC1. The summed E-state index contributed by atoms with van der Waals surface area (Å²) in [6.07, 6.45) is 13.3. The van der Waals surface area contributed by atoms with E-state index in [0.29, 0.717) is 0 Å². The van der Waals surface area contributed by atoms with Gasteiger partial charge in [-0.15, -0.1) is 0 Å². The Morgan fingerprint density at radius 1 is 1.12 bits per heavy atom. The zero-order chi connectivity index (χ0) is 12.6. The summed E-state index contributed by atoms with van der Waals surface area (Å²) in [6.45, 7) is 5.34. The van der Waals surface area contributed by atoms with Crippen LogP contribution in [-0.4, -0.2) is 18.1 Å². The maximum atomic E-state index is 6.05. The van der Waals surface area contributed by atoms with Crippen molar-refractivity contribution in [3.63, 3.8) is 0 Å². The maximum absolute atomic E-state index is 6.05. The van der Waals surface area contributed by atoms with E-state index in [1.165, 1.54) is 64.2 Å². The number of nitrogens with two attached hydrogens (primary N) is 1. The summed E-state index contributed by atoms with van der Waals surface area (Å²) in [6, 6.07) is 0.720. The molecule has 17 heavy (non-hydrogen) atoms. The van der Waals surface area contributed by atoms with E-state index in [0.717, 1.165) is 12.6 Å². The van der Waals surface area contributed by atoms with E-state index in [9.17, 15) is 0 Å². The van der Waals surface area contributed by atoms with Gasteiger partial charge in [0, 0.05) is 18.1 Å². The lowest BCUT2D eigenvalue weighted by Gasteiger charge is -2.37. The van der Waals surface area contributed by atoms with Crippen molar-refractivity contribution >= 4 is 0 Å². The van der Waals surface area contributed by atoms with Gasteiger partial charge in [-0.25, -0.2) is 0 Å². The summed E-state index contributed by atoms with van der Waals surface area (Å²) in [4.78, 5) is 0. The molecule has 0 spiro atoms. The van der Waals surface area contributed by atoms with Crippen LogP contribution >= 0.6 is 0 Å². The van der Waals surface area contributed by atoms with Crippen molar-refractivity contribution in [1.29, 1.82) is 0 Å². The molecule has 0 aromatic carbocycles. The highest BCUT2D eigenvalue weighted by atomic mass is 15.0. The molecule has 102 valence electrons. The van der Waals surface area contributed by atoms with Crippen LogP contribution in [0.4, 0.5) is 0 Å². The van der Waals surface area contributed by atoms with Crippen LogP contribution in [0.2, 0.25) is 0 Å². The quantitative estimate of drug-likeness (QED) is 0.667. The van der Waals surface area contributed by atoms with Gasteiger partial charge < -0.3 is 11.1 Å². The van der Waals surface area contributed by atoms with Crippen molar-refractivity contribution in [2.45, 2.75) is 89.6 Å². The minimum Gasteiger partial charge on any atom is -0.329 e. The lowest BCUT2D eigenvalue weighted by atomic mass is 9.88. The minimum atomic E-state index is 0.213. The second kappa shape index (κ2) is 8.10. The fourth-order valence-corrected chi connectivity index (χ4v) is 3.03. The average molecular weight is 240 g/mol. The molecule has 0 amide bonds. The molecule has 1 rings (SSSR count). The van der Waals surface area contributed by atoms with Crippen molar-refractivity contribution in [1.82, 2.24) is 5.32 Å². The monoisotopic (exact) mass is 240 g/mol. The van der Waals surface area contributed by atoms with Crippen LogP contribution < -0.4 is 11.1 Å². The number of rotatable bonds is 7. The van der Waals surface area contributed by atoms with E-state index in [2.05, 4.69) is 19.2 Å². The normalized spacial score (nSPS) is 22.1. The lowest BCUT2D eigenvalue weighted by molar-refractivity contribution is 0.245. The highest BCUT2D eigenvalue weighted by Gasteiger charge is 2.28. The Balaban J connectivity index is 2.50. The molecule has 2 nitrogen and oxygen atoms in total. The van der Waals surface area contributed by atoms with Gasteiger partial charge in [0.25, 0.3) is 0 Å². The molecule has 0 aromatic heterocycles. The van der Waals surface area contributed by atoms with E-state index in [1.807, 2.05) is 0 Å². The smallest absolute Gasteiger partial charge is 0.0303 e. The Bertz CT molecular complexity index is 179. The van der Waals surface area contributed by atoms with Crippen molar-refractivity contribution in [2.75, 3.05) is 6.54 Å². The van der Waals surface area contributed by atoms with Crippen LogP contribution in [0.15, 0.2) is 0 Å². The van der Waals surface area contributed by atoms with Gasteiger partial charge >= 0.3 is 0 Å². The number of nitrogens with one attached hydrogen (secondary N) is 1. The first kappa shape index (κ1) is 15.0. The molecule has 0 saturated heterocycles. The van der Waals surface area contributed by atoms with Crippen molar-refractivity contribution in [3.05, 3.63) is 0 Å². The number of hydrogen-bond acceptors (Lipinski definition) is 2. The van der Waals surface area contributed by atoms with Crippen LogP contribution in [0, 0.1) is 0 Å². The lowest BCUT2D eigenvalue weighted by Crippen LogP contribution is -2.54. The van der Waals surface area contributed by atoms with Crippen LogP contribution in [0.5, 0.6) is 0 Å². The summed E-state index contributed by atoms with van der Waals surface area (Å²) in [5.74, 6) is 0. The molecular formula is C15H32N2. The van der Waals surface area contributed by atoms with Crippen LogP contribution in [-0.2, 0) is 0 Å². The largest absolute Gasteiger partial charge is 0.329 e. The molecule has 1 aliphatic carbocycles. The summed E-state index contributed by atoms with van der Waals surface area (Å²) >= 11 is 0. The molecule has 0 aromatic rings. The van der Waals surface area contributed by atoms with Crippen molar-refractivity contribution < 1.29 is 0 Å². The molecule has 1 fully saturated rings. The predicted octanol–water partition coefficient (Wildman–Crippen LogP) is 3.60. The third-order valence-corrected chi connectivity index (χ3v) is 4.44. The Morgan fingerprint density at radius 2 is 1.76 bits per heavy atom. The maximum Gasteiger partial charge on any atom is 0.0303 e. The van der Waals surface area contributed by atoms with Gasteiger partial charge in [-0.2, -0.15) is 0 Å². The Labute approximate surface area is 108 Å². The Hall–Kier alpha value is -0.0800. The van der Waals surface area contributed by atoms with Crippen LogP contribution in [0.25, 0.3) is 0 Å². The van der Waals surface area contributed by atoms with Gasteiger partial charge in [0.15, 0.2) is 0 Å². The Morgan fingerprint density at radius 3 is 2.24 bits per heavy atom. The molecule has 0 radical (unpaired) electrons. The molecular weight excluding hydrogens is 208 g/mol. The third-order valence-electron chi connectivity index (χ3n) is 4.44. The van der Waals surface area contributed by atoms with Crippen LogP contribution in [0.3, 0.4) is 0 Å². The fourth-order valence-electron chi connectivity index (χ4n) is 3.03. The second-order valence-electron chi connectivity index (χ2n) is 5.77. The molecule has 2 heteroatoms. The van der Waals surface area contributed by atoms with Gasteiger partial charge in [-0.3, -0.25) is 0 Å². The Kier molecular flexibility index (Phi) is 7.14. The van der Waals surface area contributed by atoms with E-state index in [4.69, 9.17) is 5.73 Å². The topological polar surface area (TPSA) is 38.0 Å². The highest BCUT2D eigenvalue weighted by molar-refractivity contribution is 4.91. The van der Waals surface area contributed by atoms with Gasteiger partial charge in [0.1, 0.15) is 0 Å². The average Bonchev–Trinajstić information content (AvgIpc) is 2.63. The molecule has 3 N–H and O–H groups in total.